The Labute approximate surface area is 167 Å². The molecule has 1 aromatic carbocycles. The number of benzene rings is 1. The van der Waals surface area contributed by atoms with Crippen LogP contribution in [0.5, 0.6) is 0 Å². The van der Waals surface area contributed by atoms with Crippen LogP contribution in [0.3, 0.4) is 0 Å². The minimum atomic E-state index is -4.47. The summed E-state index contributed by atoms with van der Waals surface area (Å²) < 4.78 is 39.9. The first kappa shape index (κ1) is 21.1. The number of rotatable bonds is 4. The molecule has 0 aliphatic heterocycles. The first-order chi connectivity index (χ1) is 13.3. The smallest absolute Gasteiger partial charge is 0.406 e. The molecule has 1 N–H and O–H groups in total. The molecule has 1 aliphatic rings. The molecule has 1 aromatic heterocycles. The van der Waals surface area contributed by atoms with Gasteiger partial charge < -0.3 is 10.0 Å². The number of hydrogen-bond donors (Lipinski definition) is 1. The molecule has 2 aromatic rings. The van der Waals surface area contributed by atoms with Crippen molar-refractivity contribution in [1.29, 1.82) is 0 Å². The van der Waals surface area contributed by atoms with E-state index in [1.807, 2.05) is 6.07 Å². The van der Waals surface area contributed by atoms with Crippen molar-refractivity contribution in [3.05, 3.63) is 47.4 Å². The molecule has 0 fully saturated rings. The maximum atomic E-state index is 13.3. The van der Waals surface area contributed by atoms with Crippen LogP contribution in [-0.4, -0.2) is 33.8 Å². The zero-order valence-electron chi connectivity index (χ0n) is 16.8. The van der Waals surface area contributed by atoms with Crippen molar-refractivity contribution in [3.8, 4) is 0 Å². The van der Waals surface area contributed by atoms with Gasteiger partial charge in [0.1, 0.15) is 6.54 Å². The van der Waals surface area contributed by atoms with Crippen molar-refractivity contribution in [2.45, 2.75) is 57.5 Å². The molecule has 0 spiro atoms. The largest absolute Gasteiger partial charge is 0.476 e. The van der Waals surface area contributed by atoms with Gasteiger partial charge in [0.2, 0.25) is 0 Å². The number of carbonyl (C=O) groups is 1. The summed E-state index contributed by atoms with van der Waals surface area (Å²) in [7, 11) is 0. The lowest BCUT2D eigenvalue weighted by atomic mass is 9.63. The van der Waals surface area contributed by atoms with E-state index in [1.165, 1.54) is 0 Å². The quantitative estimate of drug-likeness (QED) is 0.752. The molecule has 1 aliphatic carbocycles. The summed E-state index contributed by atoms with van der Waals surface area (Å²) in [6, 6.07) is 5.36. The second-order valence-corrected chi connectivity index (χ2v) is 8.76. The van der Waals surface area contributed by atoms with Gasteiger partial charge in [-0.2, -0.15) is 13.2 Å². The van der Waals surface area contributed by atoms with Gasteiger partial charge in [0.25, 0.3) is 0 Å². The van der Waals surface area contributed by atoms with Gasteiger partial charge in [0.05, 0.1) is 12.4 Å². The Morgan fingerprint density at radius 2 is 1.69 bits per heavy atom. The number of hydrogen-bond acceptors (Lipinski definition) is 4. The van der Waals surface area contributed by atoms with E-state index in [1.54, 1.807) is 12.1 Å². The summed E-state index contributed by atoms with van der Waals surface area (Å²) in [5, 5.41) is 8.96. The summed E-state index contributed by atoms with van der Waals surface area (Å²) in [4.78, 5) is 19.6. The van der Waals surface area contributed by atoms with Gasteiger partial charge in [-0.15, -0.1) is 0 Å². The van der Waals surface area contributed by atoms with Crippen LogP contribution in [-0.2, 0) is 10.8 Å². The van der Waals surface area contributed by atoms with E-state index in [2.05, 4.69) is 37.7 Å². The second kappa shape index (κ2) is 7.00. The van der Waals surface area contributed by atoms with E-state index in [0.717, 1.165) is 41.3 Å². The molecular formula is C21H24F3N3O2. The fourth-order valence-electron chi connectivity index (χ4n) is 3.80. The maximum Gasteiger partial charge on any atom is 0.406 e. The lowest BCUT2D eigenvalue weighted by Crippen LogP contribution is -2.35. The van der Waals surface area contributed by atoms with Crippen molar-refractivity contribution in [2.75, 3.05) is 11.4 Å². The lowest BCUT2D eigenvalue weighted by Gasteiger charge is -2.42. The van der Waals surface area contributed by atoms with Crippen LogP contribution in [0.4, 0.5) is 24.7 Å². The molecule has 1 heterocycles. The number of anilines is 2. The molecule has 8 heteroatoms. The van der Waals surface area contributed by atoms with Gasteiger partial charge in [-0.25, -0.2) is 14.8 Å². The summed E-state index contributed by atoms with van der Waals surface area (Å²) in [5.41, 5.74) is 1.97. The maximum absolute atomic E-state index is 13.3. The second-order valence-electron chi connectivity index (χ2n) is 8.76. The Morgan fingerprint density at radius 1 is 1.07 bits per heavy atom. The lowest BCUT2D eigenvalue weighted by molar-refractivity contribution is -0.118. The Hall–Kier alpha value is -2.64. The van der Waals surface area contributed by atoms with Gasteiger partial charge in [-0.05, 0) is 46.9 Å². The van der Waals surface area contributed by atoms with Crippen LogP contribution in [0.1, 0.15) is 62.2 Å². The number of alkyl halides is 3. The predicted molar refractivity (Wildman–Crippen MR) is 104 cm³/mol. The van der Waals surface area contributed by atoms with Gasteiger partial charge in [0.15, 0.2) is 11.5 Å². The highest BCUT2D eigenvalue weighted by molar-refractivity contribution is 5.85. The van der Waals surface area contributed by atoms with Gasteiger partial charge in [0, 0.05) is 5.69 Å². The summed E-state index contributed by atoms with van der Waals surface area (Å²) >= 11 is 0. The number of aromatic carboxylic acids is 1. The SMILES string of the molecule is CC1(C)CCC(C)(C)c2cc(N(CC(F)(F)F)c3cnc(C(=O)O)cn3)ccc21. The minimum Gasteiger partial charge on any atom is -0.476 e. The van der Waals surface area contributed by atoms with E-state index in [4.69, 9.17) is 5.11 Å². The standard InChI is InChI=1S/C21H24F3N3O2/c1-19(2)7-8-20(3,4)15-9-13(5-6-14(15)19)27(12-21(22,23)24)17-11-25-16(10-26-17)18(28)29/h5-6,9-11H,7-8,12H2,1-4H3,(H,28,29). The Kier molecular flexibility index (Phi) is 5.09. The van der Waals surface area contributed by atoms with Crippen LogP contribution in [0, 0.1) is 0 Å². The third-order valence-corrected chi connectivity index (χ3v) is 5.62. The number of carboxylic acids is 1. The zero-order valence-corrected chi connectivity index (χ0v) is 16.8. The van der Waals surface area contributed by atoms with Gasteiger partial charge in [-0.1, -0.05) is 33.8 Å². The van der Waals surface area contributed by atoms with Crippen molar-refractivity contribution < 1.29 is 23.1 Å². The molecule has 5 nitrogen and oxygen atoms in total. The number of fused-ring (bicyclic) bond motifs is 1. The molecule has 0 unspecified atom stereocenters. The number of halogens is 3. The molecule has 0 amide bonds. The molecule has 0 atom stereocenters. The van der Waals surface area contributed by atoms with Crippen LogP contribution >= 0.6 is 0 Å². The van der Waals surface area contributed by atoms with Crippen LogP contribution in [0.15, 0.2) is 30.6 Å². The Bertz CT molecular complexity index is 922. The highest BCUT2D eigenvalue weighted by Gasteiger charge is 2.38. The van der Waals surface area contributed by atoms with E-state index in [-0.39, 0.29) is 22.3 Å². The van der Waals surface area contributed by atoms with Gasteiger partial charge >= 0.3 is 12.1 Å². The van der Waals surface area contributed by atoms with Crippen molar-refractivity contribution in [2.24, 2.45) is 0 Å². The molecular weight excluding hydrogens is 383 g/mol. The molecule has 0 bridgehead atoms. The molecule has 29 heavy (non-hydrogen) atoms. The number of nitrogens with zero attached hydrogens (tertiary/aromatic N) is 3. The third kappa shape index (κ3) is 4.36. The number of carboxylic acid groups (broad SMARTS) is 1. The van der Waals surface area contributed by atoms with Crippen molar-refractivity contribution in [1.82, 2.24) is 9.97 Å². The van der Waals surface area contributed by atoms with Crippen LogP contribution < -0.4 is 4.90 Å². The monoisotopic (exact) mass is 407 g/mol. The third-order valence-electron chi connectivity index (χ3n) is 5.62. The summed E-state index contributed by atoms with van der Waals surface area (Å²) in [6.45, 7) is 7.23. The molecule has 0 radical (unpaired) electrons. The predicted octanol–water partition coefficient (Wildman–Crippen LogP) is 5.22. The van der Waals surface area contributed by atoms with Gasteiger partial charge in [-0.3, -0.25) is 0 Å². The fourth-order valence-corrected chi connectivity index (χ4v) is 3.80. The number of aromatic nitrogens is 2. The van der Waals surface area contributed by atoms with Crippen molar-refractivity contribution >= 4 is 17.5 Å². The summed E-state index contributed by atoms with van der Waals surface area (Å²) in [6.07, 6.45) is -0.516. The average molecular weight is 407 g/mol. The van der Waals surface area contributed by atoms with Crippen LogP contribution in [0.2, 0.25) is 0 Å². The normalized spacial score (nSPS) is 17.5. The van der Waals surface area contributed by atoms with E-state index >= 15 is 0 Å². The van der Waals surface area contributed by atoms with E-state index in [0.29, 0.717) is 5.69 Å². The first-order valence-corrected chi connectivity index (χ1v) is 9.35. The zero-order chi connectivity index (χ0) is 21.6. The van der Waals surface area contributed by atoms with Crippen LogP contribution in [0.25, 0.3) is 0 Å². The van der Waals surface area contributed by atoms with E-state index in [9.17, 15) is 18.0 Å². The molecule has 0 saturated carbocycles. The van der Waals surface area contributed by atoms with E-state index < -0.39 is 18.7 Å². The Morgan fingerprint density at radius 3 is 2.21 bits per heavy atom. The average Bonchev–Trinajstić information content (AvgIpc) is 2.63. The fraction of sp³-hybridized carbons (Fsp3) is 0.476. The first-order valence-electron chi connectivity index (χ1n) is 9.35. The minimum absolute atomic E-state index is 0.0544. The molecule has 3 rings (SSSR count). The highest BCUT2D eigenvalue weighted by Crippen LogP contribution is 2.47. The topological polar surface area (TPSA) is 66.3 Å². The Balaban J connectivity index is 2.10. The molecule has 156 valence electrons. The highest BCUT2D eigenvalue weighted by atomic mass is 19.4. The molecule has 0 saturated heterocycles. The summed E-state index contributed by atoms with van der Waals surface area (Å²) in [5.74, 6) is -1.34. The van der Waals surface area contributed by atoms with Crippen molar-refractivity contribution in [3.63, 3.8) is 0 Å².